The Morgan fingerprint density at radius 1 is 1.00 bits per heavy atom. The normalized spacial score (nSPS) is 23.3. The molecule has 0 spiro atoms. The maximum Gasteiger partial charge on any atom is 0.0833 e. The summed E-state index contributed by atoms with van der Waals surface area (Å²) in [5.74, 6) is 0. The lowest BCUT2D eigenvalue weighted by Crippen LogP contribution is -2.44. The summed E-state index contributed by atoms with van der Waals surface area (Å²) in [5.41, 5.74) is 2.90. The Morgan fingerprint density at radius 2 is 1.68 bits per heavy atom. The molecule has 136 valence electrons. The van der Waals surface area contributed by atoms with Gasteiger partial charge in [-0.1, -0.05) is 32.0 Å². The Kier molecular flexibility index (Phi) is 4.63. The molecule has 1 aromatic heterocycles. The van der Waals surface area contributed by atoms with Crippen LogP contribution in [0.5, 0.6) is 0 Å². The number of piperidine rings is 1. The van der Waals surface area contributed by atoms with Crippen molar-refractivity contribution in [2.45, 2.75) is 71.1 Å². The number of benzene rings is 1. The quantitative estimate of drug-likeness (QED) is 0.874. The molecule has 0 bridgehead atoms. The Hall–Kier alpha value is -1.32. The number of hydrogen-bond donors (Lipinski definition) is 1. The molecule has 1 aromatic carbocycles. The van der Waals surface area contributed by atoms with E-state index in [-0.39, 0.29) is 6.61 Å². The van der Waals surface area contributed by atoms with Gasteiger partial charge in [0, 0.05) is 36.4 Å². The number of nitrogens with zero attached hydrogens (tertiary/aromatic N) is 2. The number of aliphatic hydroxyl groups is 1. The minimum Gasteiger partial charge on any atom is -0.390 e. The van der Waals surface area contributed by atoms with Crippen LogP contribution < -0.4 is 0 Å². The van der Waals surface area contributed by atoms with Gasteiger partial charge in [0.1, 0.15) is 0 Å². The summed E-state index contributed by atoms with van der Waals surface area (Å²) in [4.78, 5) is 2.75. The van der Waals surface area contributed by atoms with Gasteiger partial charge in [-0.2, -0.15) is 0 Å². The summed E-state index contributed by atoms with van der Waals surface area (Å²) in [6.45, 7) is 7.37. The first-order valence-corrected chi connectivity index (χ1v) is 10.0. The maximum absolute atomic E-state index is 9.82. The van der Waals surface area contributed by atoms with Crippen LogP contribution in [0.25, 0.3) is 10.9 Å². The first-order valence-electron chi connectivity index (χ1n) is 10.0. The van der Waals surface area contributed by atoms with Gasteiger partial charge in [-0.15, -0.1) is 0 Å². The lowest BCUT2D eigenvalue weighted by atomic mass is 9.75. The zero-order chi connectivity index (χ0) is 17.4. The van der Waals surface area contributed by atoms with Crippen molar-refractivity contribution in [3.8, 4) is 0 Å². The molecule has 1 aliphatic heterocycles. The largest absolute Gasteiger partial charge is 0.390 e. The molecule has 1 aliphatic carbocycles. The van der Waals surface area contributed by atoms with Crippen LogP contribution in [0.1, 0.15) is 64.1 Å². The molecule has 0 amide bonds. The van der Waals surface area contributed by atoms with Gasteiger partial charge in [0.05, 0.1) is 6.61 Å². The fraction of sp³-hybridized carbons (Fsp3) is 0.636. The Morgan fingerprint density at radius 3 is 2.36 bits per heavy atom. The van der Waals surface area contributed by atoms with E-state index in [1.165, 1.54) is 62.5 Å². The van der Waals surface area contributed by atoms with E-state index in [1.54, 1.807) is 0 Å². The average molecular weight is 341 g/mol. The smallest absolute Gasteiger partial charge is 0.0833 e. The molecular weight excluding hydrogens is 308 g/mol. The highest BCUT2D eigenvalue weighted by Gasteiger charge is 2.32. The lowest BCUT2D eigenvalue weighted by molar-refractivity contribution is 0.0770. The van der Waals surface area contributed by atoms with Crippen LogP contribution >= 0.6 is 0 Å². The molecule has 25 heavy (non-hydrogen) atoms. The van der Waals surface area contributed by atoms with Gasteiger partial charge in [-0.3, -0.25) is 0 Å². The fourth-order valence-electron chi connectivity index (χ4n) is 5.04. The predicted molar refractivity (Wildman–Crippen MR) is 104 cm³/mol. The van der Waals surface area contributed by atoms with Crippen LogP contribution in [0.2, 0.25) is 0 Å². The summed E-state index contributed by atoms with van der Waals surface area (Å²) in [6.07, 6.45) is 7.87. The van der Waals surface area contributed by atoms with Crippen molar-refractivity contribution in [2.24, 2.45) is 5.41 Å². The summed E-state index contributed by atoms with van der Waals surface area (Å²) in [7, 11) is 0. The monoisotopic (exact) mass is 340 g/mol. The molecule has 2 aliphatic rings. The van der Waals surface area contributed by atoms with E-state index >= 15 is 0 Å². The van der Waals surface area contributed by atoms with Crippen molar-refractivity contribution in [3.05, 3.63) is 36.0 Å². The van der Waals surface area contributed by atoms with E-state index < -0.39 is 0 Å². The van der Waals surface area contributed by atoms with Crippen molar-refractivity contribution in [1.82, 2.24) is 9.47 Å². The third-order valence-corrected chi connectivity index (χ3v) is 6.68. The second-order valence-electron chi connectivity index (χ2n) is 8.89. The van der Waals surface area contributed by atoms with Crippen molar-refractivity contribution in [1.29, 1.82) is 0 Å². The molecule has 0 atom stereocenters. The zero-order valence-electron chi connectivity index (χ0n) is 15.7. The summed E-state index contributed by atoms with van der Waals surface area (Å²) >= 11 is 0. The SMILES string of the molecule is CC1(C)CCC(N2CCC(n3c(CO)cc4ccccc43)CC2)CC1. The van der Waals surface area contributed by atoms with Gasteiger partial charge in [0.15, 0.2) is 0 Å². The number of para-hydroxylation sites is 1. The Labute approximate surface area is 151 Å². The highest BCUT2D eigenvalue weighted by molar-refractivity contribution is 5.81. The molecule has 0 unspecified atom stereocenters. The standard InChI is InChI=1S/C22H32N2O/c1-22(2)11-7-18(8-12-22)23-13-9-19(10-14-23)24-20(16-25)15-17-5-3-4-6-21(17)24/h3-6,15,18-19,25H,7-14,16H2,1-2H3. The van der Waals surface area contributed by atoms with E-state index in [0.717, 1.165) is 11.7 Å². The van der Waals surface area contributed by atoms with Gasteiger partial charge >= 0.3 is 0 Å². The van der Waals surface area contributed by atoms with E-state index in [0.29, 0.717) is 11.5 Å². The van der Waals surface area contributed by atoms with E-state index in [4.69, 9.17) is 0 Å². The number of aliphatic hydroxyl groups excluding tert-OH is 1. The van der Waals surface area contributed by atoms with E-state index in [2.05, 4.69) is 53.6 Å². The maximum atomic E-state index is 9.82. The minimum atomic E-state index is 0.132. The molecular formula is C22H32N2O. The highest BCUT2D eigenvalue weighted by atomic mass is 16.3. The molecule has 2 aromatic rings. The number of hydrogen-bond acceptors (Lipinski definition) is 2. The number of fused-ring (bicyclic) bond motifs is 1. The minimum absolute atomic E-state index is 0.132. The molecule has 2 fully saturated rings. The molecule has 1 N–H and O–H groups in total. The second kappa shape index (κ2) is 6.77. The van der Waals surface area contributed by atoms with Crippen LogP contribution in [0.4, 0.5) is 0 Å². The topological polar surface area (TPSA) is 28.4 Å². The fourth-order valence-corrected chi connectivity index (χ4v) is 5.04. The molecule has 4 rings (SSSR count). The second-order valence-corrected chi connectivity index (χ2v) is 8.89. The van der Waals surface area contributed by atoms with Gasteiger partial charge in [0.2, 0.25) is 0 Å². The van der Waals surface area contributed by atoms with Crippen LogP contribution in [0, 0.1) is 5.41 Å². The number of likely N-dealkylation sites (tertiary alicyclic amines) is 1. The van der Waals surface area contributed by atoms with Crippen LogP contribution in [0.3, 0.4) is 0 Å². The summed E-state index contributed by atoms with van der Waals surface area (Å²) in [5, 5.41) is 11.1. The Bertz CT molecular complexity index is 715. The summed E-state index contributed by atoms with van der Waals surface area (Å²) in [6, 6.07) is 12.0. The van der Waals surface area contributed by atoms with Gasteiger partial charge in [0.25, 0.3) is 0 Å². The zero-order valence-corrected chi connectivity index (χ0v) is 15.7. The molecule has 3 nitrogen and oxygen atoms in total. The first kappa shape index (κ1) is 17.1. The molecule has 1 saturated carbocycles. The number of aromatic nitrogens is 1. The third-order valence-electron chi connectivity index (χ3n) is 6.68. The van der Waals surface area contributed by atoms with Crippen molar-refractivity contribution < 1.29 is 5.11 Å². The molecule has 0 radical (unpaired) electrons. The van der Waals surface area contributed by atoms with Gasteiger partial charge < -0.3 is 14.6 Å². The molecule has 2 heterocycles. The van der Waals surface area contributed by atoms with Crippen molar-refractivity contribution >= 4 is 10.9 Å². The number of rotatable bonds is 3. The highest BCUT2D eigenvalue weighted by Crippen LogP contribution is 2.39. The predicted octanol–water partition coefficient (Wildman–Crippen LogP) is 4.74. The third kappa shape index (κ3) is 3.37. The van der Waals surface area contributed by atoms with Crippen molar-refractivity contribution in [2.75, 3.05) is 13.1 Å². The lowest BCUT2D eigenvalue weighted by Gasteiger charge is -2.43. The van der Waals surface area contributed by atoms with Crippen LogP contribution in [-0.2, 0) is 6.61 Å². The van der Waals surface area contributed by atoms with E-state index in [9.17, 15) is 5.11 Å². The first-order chi connectivity index (χ1) is 12.1. The summed E-state index contributed by atoms with van der Waals surface area (Å²) < 4.78 is 2.41. The molecule has 3 heteroatoms. The van der Waals surface area contributed by atoms with Gasteiger partial charge in [-0.05, 0) is 61.5 Å². The van der Waals surface area contributed by atoms with E-state index in [1.807, 2.05) is 0 Å². The van der Waals surface area contributed by atoms with Crippen LogP contribution in [-0.4, -0.2) is 33.7 Å². The molecule has 1 saturated heterocycles. The average Bonchev–Trinajstić information content (AvgIpc) is 3.00. The van der Waals surface area contributed by atoms with Crippen LogP contribution in [0.15, 0.2) is 30.3 Å². The Balaban J connectivity index is 1.46. The van der Waals surface area contributed by atoms with Crippen molar-refractivity contribution in [3.63, 3.8) is 0 Å². The van der Waals surface area contributed by atoms with Gasteiger partial charge in [-0.25, -0.2) is 0 Å².